The van der Waals surface area contributed by atoms with Gasteiger partial charge < -0.3 is 4.57 Å². The van der Waals surface area contributed by atoms with Crippen molar-refractivity contribution in [2.75, 3.05) is 0 Å². The molecule has 1 heterocycles. The van der Waals surface area contributed by atoms with E-state index < -0.39 is 0 Å². The van der Waals surface area contributed by atoms with Crippen molar-refractivity contribution in [2.45, 2.75) is 110 Å². The fraction of sp³-hybridized carbons (Fsp3) is 0.857. The zero-order valence-electron chi connectivity index (χ0n) is 15.9. The Morgan fingerprint density at radius 1 is 0.696 bits per heavy atom. The van der Waals surface area contributed by atoms with Gasteiger partial charge in [0.05, 0.1) is 0 Å². The third kappa shape index (κ3) is 11.4. The minimum absolute atomic E-state index is 1.14. The lowest BCUT2D eigenvalue weighted by molar-refractivity contribution is 0.531. The Balaban J connectivity index is 1.72. The smallest absolute Gasteiger partial charge is 0.108 e. The van der Waals surface area contributed by atoms with Gasteiger partial charge in [-0.1, -0.05) is 96.8 Å². The monoisotopic (exact) mass is 320 g/mol. The van der Waals surface area contributed by atoms with Crippen LogP contribution in [0.1, 0.15) is 109 Å². The van der Waals surface area contributed by atoms with Crippen molar-refractivity contribution in [3.05, 3.63) is 18.2 Å². The average molecular weight is 321 g/mol. The van der Waals surface area contributed by atoms with E-state index in [1.54, 1.807) is 0 Å². The maximum atomic E-state index is 4.38. The number of hydrogen-bond donors (Lipinski definition) is 0. The van der Waals surface area contributed by atoms with E-state index in [0.717, 1.165) is 6.42 Å². The molecule has 0 spiro atoms. The highest BCUT2D eigenvalue weighted by Gasteiger charge is 1.98. The van der Waals surface area contributed by atoms with Crippen molar-refractivity contribution < 1.29 is 0 Å². The van der Waals surface area contributed by atoms with Crippen LogP contribution < -0.4 is 0 Å². The van der Waals surface area contributed by atoms with Crippen LogP contribution in [0.3, 0.4) is 0 Å². The first-order valence-corrected chi connectivity index (χ1v) is 10.3. The predicted molar refractivity (Wildman–Crippen MR) is 102 cm³/mol. The van der Waals surface area contributed by atoms with Crippen molar-refractivity contribution in [3.63, 3.8) is 0 Å². The largest absolute Gasteiger partial charge is 0.338 e. The third-order valence-corrected chi connectivity index (χ3v) is 4.92. The standard InChI is InChI=1S/C21H40N2/c1-3-4-5-6-7-8-9-10-11-12-13-14-15-16-17-18-21-22-19-20-23(21)2/h19-20H,3-18H2,1-2H3. The van der Waals surface area contributed by atoms with Crippen molar-refractivity contribution in [2.24, 2.45) is 7.05 Å². The summed E-state index contributed by atoms with van der Waals surface area (Å²) in [5.74, 6) is 1.24. The molecular weight excluding hydrogens is 280 g/mol. The Bertz CT molecular complexity index is 356. The van der Waals surface area contributed by atoms with E-state index in [1.165, 1.54) is 102 Å². The molecule has 1 rings (SSSR count). The molecule has 0 saturated heterocycles. The zero-order valence-corrected chi connectivity index (χ0v) is 15.9. The van der Waals surface area contributed by atoms with E-state index in [9.17, 15) is 0 Å². The van der Waals surface area contributed by atoms with E-state index in [-0.39, 0.29) is 0 Å². The minimum atomic E-state index is 1.14. The quantitative estimate of drug-likeness (QED) is 0.305. The number of rotatable bonds is 16. The SMILES string of the molecule is CCCCCCCCCCCCCCCCCc1nccn1C. The Labute approximate surface area is 145 Å². The second kappa shape index (κ2) is 14.8. The molecule has 0 atom stereocenters. The topological polar surface area (TPSA) is 17.8 Å². The minimum Gasteiger partial charge on any atom is -0.338 e. The predicted octanol–water partition coefficient (Wildman–Crippen LogP) is 6.83. The van der Waals surface area contributed by atoms with Crippen LogP contribution in [0.2, 0.25) is 0 Å². The summed E-state index contributed by atoms with van der Waals surface area (Å²) in [5.41, 5.74) is 0. The number of unbranched alkanes of at least 4 members (excludes halogenated alkanes) is 14. The summed E-state index contributed by atoms with van der Waals surface area (Å²) < 4.78 is 2.14. The molecule has 2 heteroatoms. The lowest BCUT2D eigenvalue weighted by atomic mass is 10.0. The van der Waals surface area contributed by atoms with Crippen LogP contribution in [0, 0.1) is 0 Å². The Hall–Kier alpha value is -0.790. The van der Waals surface area contributed by atoms with E-state index >= 15 is 0 Å². The van der Waals surface area contributed by atoms with Crippen LogP contribution in [-0.2, 0) is 13.5 Å². The van der Waals surface area contributed by atoms with Crippen LogP contribution in [-0.4, -0.2) is 9.55 Å². The molecule has 134 valence electrons. The molecule has 0 aliphatic carbocycles. The Kier molecular flexibility index (Phi) is 13.0. The second-order valence-electron chi connectivity index (χ2n) is 7.15. The van der Waals surface area contributed by atoms with Gasteiger partial charge in [-0.05, 0) is 6.42 Å². The molecule has 0 fully saturated rings. The molecule has 23 heavy (non-hydrogen) atoms. The maximum absolute atomic E-state index is 4.38. The van der Waals surface area contributed by atoms with Gasteiger partial charge in [0, 0.05) is 25.9 Å². The van der Waals surface area contributed by atoms with Crippen LogP contribution >= 0.6 is 0 Å². The van der Waals surface area contributed by atoms with Gasteiger partial charge in [0.15, 0.2) is 0 Å². The third-order valence-electron chi connectivity index (χ3n) is 4.92. The van der Waals surface area contributed by atoms with Gasteiger partial charge >= 0.3 is 0 Å². The summed E-state index contributed by atoms with van der Waals surface area (Å²) in [4.78, 5) is 4.38. The van der Waals surface area contributed by atoms with Gasteiger partial charge in [0.25, 0.3) is 0 Å². The molecule has 0 aliphatic heterocycles. The number of imidazole rings is 1. The van der Waals surface area contributed by atoms with Crippen LogP contribution in [0.25, 0.3) is 0 Å². The fourth-order valence-electron chi connectivity index (χ4n) is 3.29. The Morgan fingerprint density at radius 2 is 1.13 bits per heavy atom. The molecular formula is C21H40N2. The summed E-state index contributed by atoms with van der Waals surface area (Å²) in [6.45, 7) is 2.29. The van der Waals surface area contributed by atoms with Gasteiger partial charge in [0.1, 0.15) is 5.82 Å². The van der Waals surface area contributed by atoms with Crippen LogP contribution in [0.4, 0.5) is 0 Å². The van der Waals surface area contributed by atoms with Gasteiger partial charge in [-0.25, -0.2) is 4.98 Å². The molecule has 0 saturated carbocycles. The first-order chi connectivity index (χ1) is 11.3. The molecule has 0 aliphatic rings. The van der Waals surface area contributed by atoms with Crippen molar-refractivity contribution in [1.82, 2.24) is 9.55 Å². The normalized spacial score (nSPS) is 11.2. The molecule has 0 aromatic carbocycles. The molecule has 0 unspecified atom stereocenters. The number of nitrogens with zero attached hydrogens (tertiary/aromatic N) is 2. The number of hydrogen-bond acceptors (Lipinski definition) is 1. The van der Waals surface area contributed by atoms with E-state index in [0.29, 0.717) is 0 Å². The summed E-state index contributed by atoms with van der Waals surface area (Å²) in [5, 5.41) is 0. The highest BCUT2D eigenvalue weighted by Crippen LogP contribution is 2.13. The number of aromatic nitrogens is 2. The van der Waals surface area contributed by atoms with Gasteiger partial charge in [0.2, 0.25) is 0 Å². The summed E-state index contributed by atoms with van der Waals surface area (Å²) >= 11 is 0. The maximum Gasteiger partial charge on any atom is 0.108 e. The molecule has 0 bridgehead atoms. The van der Waals surface area contributed by atoms with E-state index in [4.69, 9.17) is 0 Å². The average Bonchev–Trinajstić information content (AvgIpc) is 2.96. The highest BCUT2D eigenvalue weighted by atomic mass is 15.0. The lowest BCUT2D eigenvalue weighted by Gasteiger charge is -2.04. The van der Waals surface area contributed by atoms with Gasteiger partial charge in [-0.2, -0.15) is 0 Å². The Morgan fingerprint density at radius 3 is 1.52 bits per heavy atom. The van der Waals surface area contributed by atoms with Crippen molar-refractivity contribution in [3.8, 4) is 0 Å². The molecule has 0 N–H and O–H groups in total. The van der Waals surface area contributed by atoms with Crippen molar-refractivity contribution in [1.29, 1.82) is 0 Å². The summed E-state index contributed by atoms with van der Waals surface area (Å²) in [6, 6.07) is 0. The second-order valence-corrected chi connectivity index (χ2v) is 7.15. The zero-order chi connectivity index (χ0) is 16.6. The fourth-order valence-corrected chi connectivity index (χ4v) is 3.29. The molecule has 1 aromatic rings. The van der Waals surface area contributed by atoms with Gasteiger partial charge in [-0.3, -0.25) is 0 Å². The summed E-state index contributed by atoms with van der Waals surface area (Å²) in [7, 11) is 2.09. The highest BCUT2D eigenvalue weighted by molar-refractivity contribution is 4.90. The number of aryl methyl sites for hydroxylation is 2. The van der Waals surface area contributed by atoms with Gasteiger partial charge in [-0.15, -0.1) is 0 Å². The van der Waals surface area contributed by atoms with E-state index in [2.05, 4.69) is 23.5 Å². The van der Waals surface area contributed by atoms with Crippen LogP contribution in [0.5, 0.6) is 0 Å². The molecule has 2 nitrogen and oxygen atoms in total. The van der Waals surface area contributed by atoms with Crippen LogP contribution in [0.15, 0.2) is 12.4 Å². The molecule has 0 radical (unpaired) electrons. The molecule has 1 aromatic heterocycles. The molecule has 0 amide bonds. The van der Waals surface area contributed by atoms with E-state index in [1.807, 2.05) is 12.4 Å². The first kappa shape index (κ1) is 20.3. The first-order valence-electron chi connectivity index (χ1n) is 10.3. The summed E-state index contributed by atoms with van der Waals surface area (Å²) in [6.07, 6.45) is 26.5. The van der Waals surface area contributed by atoms with Crippen molar-refractivity contribution >= 4 is 0 Å². The lowest BCUT2D eigenvalue weighted by Crippen LogP contribution is -1.97.